The first kappa shape index (κ1) is 12.9. The summed E-state index contributed by atoms with van der Waals surface area (Å²) in [6.45, 7) is 3.82. The first-order valence-electron chi connectivity index (χ1n) is 6.32. The van der Waals surface area contributed by atoms with Crippen molar-refractivity contribution in [1.82, 2.24) is 9.97 Å². The lowest BCUT2D eigenvalue weighted by Gasteiger charge is -2.26. The summed E-state index contributed by atoms with van der Waals surface area (Å²) in [5.41, 5.74) is 0. The van der Waals surface area contributed by atoms with Gasteiger partial charge in [0.2, 0.25) is 5.75 Å². The van der Waals surface area contributed by atoms with Gasteiger partial charge in [-0.2, -0.15) is 0 Å². The number of hydrogen-bond donors (Lipinski definition) is 2. The standard InChI is InChI=1S/C12H20N4O2/c1-3-13-11-10(18-2)12(15-8-14-11)16-6-4-5-9(16)7-17/h8-9,17H,3-7H2,1-2H3,(H,13,14,15). The number of aliphatic hydroxyl groups is 1. The highest BCUT2D eigenvalue weighted by atomic mass is 16.5. The first-order valence-corrected chi connectivity index (χ1v) is 6.32. The highest BCUT2D eigenvalue weighted by Gasteiger charge is 2.28. The van der Waals surface area contributed by atoms with Crippen LogP contribution in [0.15, 0.2) is 6.33 Å². The van der Waals surface area contributed by atoms with E-state index in [2.05, 4.69) is 20.2 Å². The summed E-state index contributed by atoms with van der Waals surface area (Å²) in [5.74, 6) is 2.12. The summed E-state index contributed by atoms with van der Waals surface area (Å²) >= 11 is 0. The predicted molar refractivity (Wildman–Crippen MR) is 70.2 cm³/mol. The van der Waals surface area contributed by atoms with E-state index in [1.54, 1.807) is 7.11 Å². The second-order valence-corrected chi connectivity index (χ2v) is 4.28. The van der Waals surface area contributed by atoms with Gasteiger partial charge in [-0.05, 0) is 19.8 Å². The average molecular weight is 252 g/mol. The van der Waals surface area contributed by atoms with Crippen LogP contribution in [0.2, 0.25) is 0 Å². The maximum atomic E-state index is 9.39. The molecule has 1 aromatic rings. The molecule has 0 aliphatic carbocycles. The van der Waals surface area contributed by atoms with Gasteiger partial charge >= 0.3 is 0 Å². The second kappa shape index (κ2) is 5.86. The summed E-state index contributed by atoms with van der Waals surface area (Å²) < 4.78 is 5.42. The van der Waals surface area contributed by atoms with Crippen LogP contribution in [0.25, 0.3) is 0 Å². The number of aliphatic hydroxyl groups excluding tert-OH is 1. The Labute approximate surface area is 107 Å². The fraction of sp³-hybridized carbons (Fsp3) is 0.667. The van der Waals surface area contributed by atoms with Crippen molar-refractivity contribution in [2.45, 2.75) is 25.8 Å². The van der Waals surface area contributed by atoms with E-state index in [0.29, 0.717) is 11.6 Å². The molecule has 0 amide bonds. The van der Waals surface area contributed by atoms with Crippen molar-refractivity contribution in [3.8, 4) is 5.75 Å². The largest absolute Gasteiger partial charge is 0.490 e. The van der Waals surface area contributed by atoms with Crippen LogP contribution in [0, 0.1) is 0 Å². The molecule has 6 heteroatoms. The zero-order chi connectivity index (χ0) is 13.0. The molecule has 2 rings (SSSR count). The summed E-state index contributed by atoms with van der Waals surface area (Å²) in [4.78, 5) is 10.6. The van der Waals surface area contributed by atoms with Crippen molar-refractivity contribution in [2.75, 3.05) is 37.0 Å². The molecule has 1 aromatic heterocycles. The van der Waals surface area contributed by atoms with E-state index in [4.69, 9.17) is 4.74 Å². The fourth-order valence-corrected chi connectivity index (χ4v) is 2.35. The topological polar surface area (TPSA) is 70.5 Å². The lowest BCUT2D eigenvalue weighted by Crippen LogP contribution is -2.33. The molecular formula is C12H20N4O2. The zero-order valence-electron chi connectivity index (χ0n) is 10.9. The van der Waals surface area contributed by atoms with Crippen LogP contribution in [0.3, 0.4) is 0 Å². The third-order valence-corrected chi connectivity index (χ3v) is 3.19. The van der Waals surface area contributed by atoms with Crippen molar-refractivity contribution in [1.29, 1.82) is 0 Å². The zero-order valence-corrected chi connectivity index (χ0v) is 10.9. The van der Waals surface area contributed by atoms with Gasteiger partial charge in [0, 0.05) is 13.1 Å². The maximum absolute atomic E-state index is 9.39. The maximum Gasteiger partial charge on any atom is 0.204 e. The molecule has 1 unspecified atom stereocenters. The molecule has 0 aromatic carbocycles. The lowest BCUT2D eigenvalue weighted by atomic mass is 10.2. The predicted octanol–water partition coefficient (Wildman–Crippen LogP) is 0.878. The van der Waals surface area contributed by atoms with Gasteiger partial charge in [-0.3, -0.25) is 0 Å². The molecule has 1 aliphatic rings. The van der Waals surface area contributed by atoms with Gasteiger partial charge in [0.25, 0.3) is 0 Å². The molecule has 1 atom stereocenters. The summed E-state index contributed by atoms with van der Waals surface area (Å²) in [7, 11) is 1.62. The highest BCUT2D eigenvalue weighted by molar-refractivity contribution is 5.65. The lowest BCUT2D eigenvalue weighted by molar-refractivity contribution is 0.265. The van der Waals surface area contributed by atoms with Gasteiger partial charge in [0.05, 0.1) is 19.8 Å². The number of anilines is 2. The number of nitrogens with zero attached hydrogens (tertiary/aromatic N) is 3. The number of nitrogens with one attached hydrogen (secondary N) is 1. The van der Waals surface area contributed by atoms with Gasteiger partial charge in [-0.15, -0.1) is 0 Å². The van der Waals surface area contributed by atoms with Gasteiger partial charge in [-0.25, -0.2) is 9.97 Å². The molecule has 2 N–H and O–H groups in total. The molecule has 2 heterocycles. The van der Waals surface area contributed by atoms with Gasteiger partial charge in [-0.1, -0.05) is 0 Å². The first-order chi connectivity index (χ1) is 8.81. The summed E-state index contributed by atoms with van der Waals surface area (Å²) in [6, 6.07) is 0.128. The van der Waals surface area contributed by atoms with E-state index in [1.165, 1.54) is 6.33 Å². The monoisotopic (exact) mass is 252 g/mol. The number of hydrogen-bond acceptors (Lipinski definition) is 6. The molecule has 1 aliphatic heterocycles. The van der Waals surface area contributed by atoms with E-state index >= 15 is 0 Å². The van der Waals surface area contributed by atoms with E-state index in [9.17, 15) is 5.11 Å². The molecule has 1 fully saturated rings. The number of ether oxygens (including phenoxy) is 1. The molecule has 0 radical (unpaired) electrons. The van der Waals surface area contributed by atoms with Crippen LogP contribution in [0.5, 0.6) is 5.75 Å². The van der Waals surface area contributed by atoms with Crippen LogP contribution in [-0.2, 0) is 0 Å². The second-order valence-electron chi connectivity index (χ2n) is 4.28. The van der Waals surface area contributed by atoms with Crippen LogP contribution >= 0.6 is 0 Å². The molecule has 0 spiro atoms. The van der Waals surface area contributed by atoms with Crippen LogP contribution in [0.4, 0.5) is 11.6 Å². The van der Waals surface area contributed by atoms with Crippen molar-refractivity contribution >= 4 is 11.6 Å². The van der Waals surface area contributed by atoms with Crippen molar-refractivity contribution in [2.24, 2.45) is 0 Å². The van der Waals surface area contributed by atoms with Crippen molar-refractivity contribution < 1.29 is 9.84 Å². The Morgan fingerprint density at radius 1 is 1.56 bits per heavy atom. The molecule has 6 nitrogen and oxygen atoms in total. The molecule has 0 bridgehead atoms. The Morgan fingerprint density at radius 2 is 2.39 bits per heavy atom. The Hall–Kier alpha value is -1.56. The number of aromatic nitrogens is 2. The Bertz CT molecular complexity index is 400. The third kappa shape index (κ3) is 2.33. The number of rotatable bonds is 5. The minimum Gasteiger partial charge on any atom is -0.490 e. The minimum atomic E-state index is 0.128. The fourth-order valence-electron chi connectivity index (χ4n) is 2.35. The molecule has 0 saturated carbocycles. The van der Waals surface area contributed by atoms with Crippen LogP contribution < -0.4 is 15.0 Å². The molecule has 18 heavy (non-hydrogen) atoms. The van der Waals surface area contributed by atoms with Crippen LogP contribution in [-0.4, -0.2) is 47.9 Å². The third-order valence-electron chi connectivity index (χ3n) is 3.19. The molecular weight excluding hydrogens is 232 g/mol. The van der Waals surface area contributed by atoms with E-state index < -0.39 is 0 Å². The molecule has 100 valence electrons. The summed E-state index contributed by atoms with van der Waals surface area (Å²) in [5, 5.41) is 12.6. The highest BCUT2D eigenvalue weighted by Crippen LogP contribution is 2.35. The van der Waals surface area contributed by atoms with Crippen LogP contribution in [0.1, 0.15) is 19.8 Å². The summed E-state index contributed by atoms with van der Waals surface area (Å²) in [6.07, 6.45) is 3.58. The SMILES string of the molecule is CCNc1ncnc(N2CCCC2CO)c1OC. The van der Waals surface area contributed by atoms with E-state index in [-0.39, 0.29) is 12.6 Å². The Balaban J connectivity index is 2.34. The quantitative estimate of drug-likeness (QED) is 0.810. The van der Waals surface area contributed by atoms with E-state index in [1.807, 2.05) is 6.92 Å². The van der Waals surface area contributed by atoms with Gasteiger partial charge in [0.1, 0.15) is 6.33 Å². The normalized spacial score (nSPS) is 19.1. The van der Waals surface area contributed by atoms with E-state index in [0.717, 1.165) is 31.7 Å². The van der Waals surface area contributed by atoms with Crippen molar-refractivity contribution in [3.63, 3.8) is 0 Å². The van der Waals surface area contributed by atoms with Crippen molar-refractivity contribution in [3.05, 3.63) is 6.33 Å². The van der Waals surface area contributed by atoms with Gasteiger partial charge in [0.15, 0.2) is 11.6 Å². The van der Waals surface area contributed by atoms with Gasteiger partial charge < -0.3 is 20.1 Å². The average Bonchev–Trinajstić information content (AvgIpc) is 2.87. The minimum absolute atomic E-state index is 0.128. The smallest absolute Gasteiger partial charge is 0.204 e. The Kier molecular flexibility index (Phi) is 4.19. The Morgan fingerprint density at radius 3 is 3.06 bits per heavy atom. The number of methoxy groups -OCH3 is 1. The molecule has 1 saturated heterocycles.